The molecule has 1 fully saturated rings. The van der Waals surface area contributed by atoms with E-state index >= 15 is 8.78 Å². The fourth-order valence-corrected chi connectivity index (χ4v) is 4.87. The van der Waals surface area contributed by atoms with E-state index in [0.29, 0.717) is 36.8 Å². The number of carbonyl (C=O) groups excluding carboxylic acids is 1. The van der Waals surface area contributed by atoms with Crippen molar-refractivity contribution in [3.63, 3.8) is 0 Å². The Morgan fingerprint density at radius 3 is 2.84 bits per heavy atom. The van der Waals surface area contributed by atoms with Crippen molar-refractivity contribution in [2.24, 2.45) is 0 Å². The fraction of sp³-hybridized carbons (Fsp3) is 0.231. The number of nitrogens with zero attached hydrogens (tertiary/aromatic N) is 4. The number of halogens is 2. The molecule has 0 bridgehead atoms. The average Bonchev–Trinajstić information content (AvgIpc) is 3.43. The van der Waals surface area contributed by atoms with Gasteiger partial charge in [0.2, 0.25) is 5.75 Å². The lowest BCUT2D eigenvalue weighted by molar-refractivity contribution is 0.0420. The minimum atomic E-state index is -0.952. The Morgan fingerprint density at radius 1 is 1.24 bits per heavy atom. The van der Waals surface area contributed by atoms with E-state index in [9.17, 15) is 4.79 Å². The van der Waals surface area contributed by atoms with E-state index in [-0.39, 0.29) is 28.9 Å². The summed E-state index contributed by atoms with van der Waals surface area (Å²) in [5.74, 6) is -2.75. The van der Waals surface area contributed by atoms with Crippen LogP contribution in [0.3, 0.4) is 0 Å². The Balaban J connectivity index is 1.49. The lowest BCUT2D eigenvalue weighted by Crippen LogP contribution is -2.46. The number of likely N-dealkylation sites (N-methyl/N-ethyl adjacent to an activating group) is 1. The zero-order valence-corrected chi connectivity index (χ0v) is 21.2. The maximum Gasteiger partial charge on any atom is 0.275 e. The molecule has 5 rings (SSSR count). The van der Waals surface area contributed by atoms with Gasteiger partial charge in [0, 0.05) is 36.6 Å². The van der Waals surface area contributed by atoms with Crippen LogP contribution < -0.4 is 20.3 Å². The third kappa shape index (κ3) is 5.62. The lowest BCUT2D eigenvalue weighted by Gasteiger charge is -2.36. The number of amides is 1. The fourth-order valence-electron chi connectivity index (χ4n) is 4.08. The summed E-state index contributed by atoms with van der Waals surface area (Å²) in [6, 6.07) is 11.2. The summed E-state index contributed by atoms with van der Waals surface area (Å²) in [7, 11) is 1.79. The molecule has 0 unspecified atom stereocenters. The SMILES string of the molecule is CNC[C@H]1CN(c2c(NC(=O)c3csc(-c4ccnnc4)n3)cc(F)c(Oc3ccccc3)c2F)CCO1. The molecular formula is C26H24F2N6O3S. The smallest absolute Gasteiger partial charge is 0.275 e. The van der Waals surface area contributed by atoms with Gasteiger partial charge in [-0.3, -0.25) is 4.79 Å². The van der Waals surface area contributed by atoms with Crippen molar-refractivity contribution in [3.05, 3.63) is 77.6 Å². The number of aromatic nitrogens is 3. The van der Waals surface area contributed by atoms with E-state index in [1.807, 2.05) is 0 Å². The van der Waals surface area contributed by atoms with Crippen molar-refractivity contribution in [3.8, 4) is 22.1 Å². The molecule has 3 heterocycles. The third-order valence-corrected chi connectivity index (χ3v) is 6.71. The van der Waals surface area contributed by atoms with E-state index < -0.39 is 23.3 Å². The molecule has 4 aromatic rings. The molecule has 1 aliphatic rings. The highest BCUT2D eigenvalue weighted by Gasteiger charge is 2.30. The number of morpholine rings is 1. The molecule has 0 aliphatic carbocycles. The second-order valence-corrected chi connectivity index (χ2v) is 9.29. The van der Waals surface area contributed by atoms with Crippen LogP contribution in [0.4, 0.5) is 20.2 Å². The Hall–Kier alpha value is -4.00. The monoisotopic (exact) mass is 538 g/mol. The van der Waals surface area contributed by atoms with Crippen LogP contribution in [0.25, 0.3) is 10.6 Å². The molecule has 1 atom stereocenters. The number of para-hydroxylation sites is 1. The van der Waals surface area contributed by atoms with Crippen LogP contribution in [0, 0.1) is 11.6 Å². The summed E-state index contributed by atoms with van der Waals surface area (Å²) in [5, 5.41) is 15.4. The predicted octanol–water partition coefficient (Wildman–Crippen LogP) is 4.35. The number of benzene rings is 2. The normalized spacial score (nSPS) is 15.3. The van der Waals surface area contributed by atoms with Gasteiger partial charge in [0.25, 0.3) is 5.91 Å². The van der Waals surface area contributed by atoms with Crippen molar-refractivity contribution < 1.29 is 23.0 Å². The number of nitrogens with one attached hydrogen (secondary N) is 2. The van der Waals surface area contributed by atoms with Crippen molar-refractivity contribution >= 4 is 28.6 Å². The standard InChI is InChI=1S/C26H24F2N6O3S/c1-29-13-18-14-34(9-10-36-18)23-20(11-19(27)24(22(23)28)37-17-5-3-2-4-6-17)32-25(35)21-15-38-26(33-21)16-7-8-30-31-12-16/h2-8,11-12,15,18,29H,9-10,13-14H2,1H3,(H,32,35)/t18-/m0/s1. The largest absolute Gasteiger partial charge is 0.451 e. The Bertz CT molecular complexity index is 1410. The molecule has 9 nitrogen and oxygen atoms in total. The summed E-state index contributed by atoms with van der Waals surface area (Å²) in [6.45, 7) is 1.54. The molecule has 2 aromatic heterocycles. The van der Waals surface area contributed by atoms with Gasteiger partial charge in [-0.25, -0.2) is 13.8 Å². The van der Waals surface area contributed by atoms with Crippen molar-refractivity contribution in [1.29, 1.82) is 0 Å². The molecule has 2 aromatic carbocycles. The van der Waals surface area contributed by atoms with Crippen LogP contribution in [-0.2, 0) is 4.74 Å². The van der Waals surface area contributed by atoms with E-state index in [0.717, 1.165) is 6.07 Å². The molecule has 1 saturated heterocycles. The van der Waals surface area contributed by atoms with Gasteiger partial charge in [-0.1, -0.05) is 18.2 Å². The number of thiazole rings is 1. The van der Waals surface area contributed by atoms with Gasteiger partial charge >= 0.3 is 0 Å². The number of carbonyl (C=O) groups is 1. The van der Waals surface area contributed by atoms with Crippen molar-refractivity contribution in [1.82, 2.24) is 20.5 Å². The van der Waals surface area contributed by atoms with Crippen LogP contribution >= 0.6 is 11.3 Å². The number of anilines is 2. The molecule has 38 heavy (non-hydrogen) atoms. The Kier molecular flexibility index (Phi) is 7.82. The Labute approximate surface area is 221 Å². The molecule has 0 radical (unpaired) electrons. The average molecular weight is 539 g/mol. The number of rotatable bonds is 8. The van der Waals surface area contributed by atoms with Crippen LogP contribution in [0.2, 0.25) is 0 Å². The first-order valence-electron chi connectivity index (χ1n) is 11.8. The molecule has 1 aliphatic heterocycles. The second kappa shape index (κ2) is 11.6. The van der Waals surface area contributed by atoms with Crippen LogP contribution in [0.5, 0.6) is 11.5 Å². The first kappa shape index (κ1) is 25.6. The number of hydrogen-bond donors (Lipinski definition) is 2. The van der Waals surface area contributed by atoms with Crippen LogP contribution in [0.1, 0.15) is 10.5 Å². The minimum Gasteiger partial charge on any atom is -0.451 e. The predicted molar refractivity (Wildman–Crippen MR) is 140 cm³/mol. The first-order chi connectivity index (χ1) is 18.5. The first-order valence-corrected chi connectivity index (χ1v) is 12.7. The van der Waals surface area contributed by atoms with Crippen molar-refractivity contribution in [2.75, 3.05) is 43.5 Å². The molecule has 0 spiro atoms. The highest BCUT2D eigenvalue weighted by atomic mass is 32.1. The van der Waals surface area contributed by atoms with E-state index in [4.69, 9.17) is 9.47 Å². The summed E-state index contributed by atoms with van der Waals surface area (Å²) in [6.07, 6.45) is 2.83. The maximum atomic E-state index is 16.0. The number of ether oxygens (including phenoxy) is 2. The van der Waals surface area contributed by atoms with Gasteiger partial charge in [0.1, 0.15) is 22.1 Å². The van der Waals surface area contributed by atoms with Gasteiger partial charge in [-0.15, -0.1) is 11.3 Å². The van der Waals surface area contributed by atoms with Gasteiger partial charge in [0.15, 0.2) is 11.6 Å². The lowest BCUT2D eigenvalue weighted by atomic mass is 10.1. The van der Waals surface area contributed by atoms with Crippen molar-refractivity contribution in [2.45, 2.75) is 6.10 Å². The van der Waals surface area contributed by atoms with E-state index in [1.165, 1.54) is 23.7 Å². The maximum absolute atomic E-state index is 16.0. The molecule has 2 N–H and O–H groups in total. The van der Waals surface area contributed by atoms with Crippen LogP contribution in [0.15, 0.2) is 60.2 Å². The van der Waals surface area contributed by atoms with Gasteiger partial charge in [-0.2, -0.15) is 10.2 Å². The van der Waals surface area contributed by atoms with Gasteiger partial charge < -0.3 is 25.0 Å². The third-order valence-electron chi connectivity index (χ3n) is 5.82. The van der Waals surface area contributed by atoms with E-state index in [2.05, 4.69) is 25.8 Å². The number of hydrogen-bond acceptors (Lipinski definition) is 9. The highest BCUT2D eigenvalue weighted by molar-refractivity contribution is 7.13. The summed E-state index contributed by atoms with van der Waals surface area (Å²) >= 11 is 1.25. The summed E-state index contributed by atoms with van der Waals surface area (Å²) in [4.78, 5) is 19.2. The zero-order chi connectivity index (χ0) is 26.5. The second-order valence-electron chi connectivity index (χ2n) is 8.43. The minimum absolute atomic E-state index is 0.0175. The molecule has 196 valence electrons. The topological polar surface area (TPSA) is 102 Å². The Morgan fingerprint density at radius 2 is 2.08 bits per heavy atom. The van der Waals surface area contributed by atoms with Crippen LogP contribution in [-0.4, -0.2) is 60.5 Å². The quantitative estimate of drug-likeness (QED) is 0.342. The summed E-state index contributed by atoms with van der Waals surface area (Å²) in [5.41, 5.74) is 0.792. The summed E-state index contributed by atoms with van der Waals surface area (Å²) < 4.78 is 42.6. The molecule has 0 saturated carbocycles. The molecule has 12 heteroatoms. The molecule has 1 amide bonds. The molecular weight excluding hydrogens is 514 g/mol. The van der Waals surface area contributed by atoms with E-state index in [1.54, 1.807) is 53.7 Å². The highest BCUT2D eigenvalue weighted by Crippen LogP contribution is 2.40. The van der Waals surface area contributed by atoms with Gasteiger partial charge in [-0.05, 0) is 25.2 Å². The zero-order valence-electron chi connectivity index (χ0n) is 20.4. The van der Waals surface area contributed by atoms with Gasteiger partial charge in [0.05, 0.1) is 30.8 Å².